The number of anilines is 1. The van der Waals surface area contributed by atoms with Gasteiger partial charge < -0.3 is 10.6 Å². The summed E-state index contributed by atoms with van der Waals surface area (Å²) in [4.78, 5) is 3.98. The molecule has 86 valence electrons. The summed E-state index contributed by atoms with van der Waals surface area (Å²) in [6.45, 7) is 2.23. The van der Waals surface area contributed by atoms with Crippen LogP contribution in [0.15, 0.2) is 24.5 Å². The lowest BCUT2D eigenvalue weighted by atomic mass is 10.1. The molecule has 5 heteroatoms. The molecule has 1 fully saturated rings. The Bertz CT molecular complexity index is 250. The van der Waals surface area contributed by atoms with Gasteiger partial charge >= 0.3 is 0 Å². The quantitative estimate of drug-likeness (QED) is 0.843. The lowest BCUT2D eigenvalue weighted by Crippen LogP contribution is -2.38. The van der Waals surface area contributed by atoms with Crippen LogP contribution in [0.5, 0.6) is 0 Å². The van der Waals surface area contributed by atoms with E-state index in [2.05, 4.69) is 15.6 Å². The molecule has 2 heterocycles. The van der Waals surface area contributed by atoms with Gasteiger partial charge in [-0.05, 0) is 31.5 Å². The smallest absolute Gasteiger partial charge is 0.0386 e. The minimum Gasteiger partial charge on any atom is -0.381 e. The van der Waals surface area contributed by atoms with E-state index >= 15 is 0 Å². The van der Waals surface area contributed by atoms with Crippen LogP contribution >= 0.6 is 24.8 Å². The average molecular weight is 250 g/mol. The molecule has 0 aliphatic carbocycles. The lowest BCUT2D eigenvalue weighted by Gasteiger charge is -2.24. The van der Waals surface area contributed by atoms with Crippen LogP contribution < -0.4 is 10.6 Å². The zero-order valence-corrected chi connectivity index (χ0v) is 10.1. The average Bonchev–Trinajstić information content (AvgIpc) is 2.21. The van der Waals surface area contributed by atoms with E-state index in [4.69, 9.17) is 0 Å². The molecule has 15 heavy (non-hydrogen) atoms. The number of hydrogen-bond donors (Lipinski definition) is 2. The molecule has 2 N–H and O–H groups in total. The van der Waals surface area contributed by atoms with Crippen LogP contribution in [0.3, 0.4) is 0 Å². The van der Waals surface area contributed by atoms with Gasteiger partial charge in [0, 0.05) is 30.7 Å². The van der Waals surface area contributed by atoms with Gasteiger partial charge in [-0.3, -0.25) is 4.98 Å². The number of nitrogens with zero attached hydrogens (tertiary/aromatic N) is 1. The van der Waals surface area contributed by atoms with E-state index in [-0.39, 0.29) is 24.8 Å². The first kappa shape index (κ1) is 14.5. The number of nitrogens with one attached hydrogen (secondary N) is 2. The molecular formula is C10H17Cl2N3. The molecule has 1 aliphatic heterocycles. The Kier molecular flexibility index (Phi) is 7.48. The minimum absolute atomic E-state index is 0. The Morgan fingerprint density at radius 3 is 2.60 bits per heavy atom. The molecule has 0 radical (unpaired) electrons. The van der Waals surface area contributed by atoms with Gasteiger partial charge in [0.25, 0.3) is 0 Å². The summed E-state index contributed by atoms with van der Waals surface area (Å²) in [6.07, 6.45) is 6.16. The molecule has 1 aromatic heterocycles. The van der Waals surface area contributed by atoms with Crippen molar-refractivity contribution in [2.24, 2.45) is 0 Å². The maximum absolute atomic E-state index is 3.98. The summed E-state index contributed by atoms with van der Waals surface area (Å²) >= 11 is 0. The van der Waals surface area contributed by atoms with Crippen LogP contribution in [-0.4, -0.2) is 24.1 Å². The van der Waals surface area contributed by atoms with Crippen molar-refractivity contribution in [3.63, 3.8) is 0 Å². The van der Waals surface area contributed by atoms with E-state index in [1.165, 1.54) is 18.5 Å². The molecule has 1 aromatic rings. The third kappa shape index (κ3) is 4.69. The SMILES string of the molecule is Cl.Cl.c1cc(N[C@H]2CCCNC2)ccn1. The van der Waals surface area contributed by atoms with Gasteiger partial charge in [-0.2, -0.15) is 0 Å². The van der Waals surface area contributed by atoms with E-state index in [1.807, 2.05) is 24.5 Å². The van der Waals surface area contributed by atoms with Gasteiger partial charge in [0.05, 0.1) is 0 Å². The molecule has 0 spiro atoms. The van der Waals surface area contributed by atoms with E-state index in [9.17, 15) is 0 Å². The van der Waals surface area contributed by atoms with Gasteiger partial charge in [0.1, 0.15) is 0 Å². The zero-order valence-electron chi connectivity index (χ0n) is 8.48. The normalized spacial score (nSPS) is 19.6. The van der Waals surface area contributed by atoms with Crippen LogP contribution in [0.4, 0.5) is 5.69 Å². The second-order valence-electron chi connectivity index (χ2n) is 3.42. The van der Waals surface area contributed by atoms with Gasteiger partial charge in [0.2, 0.25) is 0 Å². The Hall–Kier alpha value is -0.510. The molecule has 2 rings (SSSR count). The number of aromatic nitrogens is 1. The van der Waals surface area contributed by atoms with E-state index in [0.29, 0.717) is 6.04 Å². The van der Waals surface area contributed by atoms with Crippen molar-refractivity contribution in [2.45, 2.75) is 18.9 Å². The molecule has 1 aliphatic rings. The highest BCUT2D eigenvalue weighted by molar-refractivity contribution is 5.85. The topological polar surface area (TPSA) is 37.0 Å². The van der Waals surface area contributed by atoms with Crippen molar-refractivity contribution in [1.29, 1.82) is 0 Å². The van der Waals surface area contributed by atoms with Crippen molar-refractivity contribution >= 4 is 30.5 Å². The summed E-state index contributed by atoms with van der Waals surface area (Å²) in [6, 6.07) is 4.60. The standard InChI is InChI=1S/C10H15N3.2ClH/c1-2-10(8-12-5-1)13-9-3-6-11-7-4-9;;/h3-4,6-7,10,12H,1-2,5,8H2,(H,11,13);2*1H/t10-;;/m0../s1. The van der Waals surface area contributed by atoms with Crippen LogP contribution in [0.2, 0.25) is 0 Å². The number of rotatable bonds is 2. The van der Waals surface area contributed by atoms with Crippen molar-refractivity contribution in [3.05, 3.63) is 24.5 Å². The van der Waals surface area contributed by atoms with Gasteiger partial charge in [-0.25, -0.2) is 0 Å². The summed E-state index contributed by atoms with van der Waals surface area (Å²) in [5.74, 6) is 0. The number of pyridine rings is 1. The molecule has 3 nitrogen and oxygen atoms in total. The summed E-state index contributed by atoms with van der Waals surface area (Å²) in [7, 11) is 0. The van der Waals surface area contributed by atoms with Crippen molar-refractivity contribution in [3.8, 4) is 0 Å². The van der Waals surface area contributed by atoms with Gasteiger partial charge in [-0.1, -0.05) is 0 Å². The largest absolute Gasteiger partial charge is 0.381 e. The first-order valence-electron chi connectivity index (χ1n) is 4.82. The Labute approximate surface area is 103 Å². The Morgan fingerprint density at radius 2 is 2.00 bits per heavy atom. The highest BCUT2D eigenvalue weighted by atomic mass is 35.5. The van der Waals surface area contributed by atoms with E-state index in [0.717, 1.165) is 13.1 Å². The van der Waals surface area contributed by atoms with Gasteiger partial charge in [-0.15, -0.1) is 24.8 Å². The van der Waals surface area contributed by atoms with Gasteiger partial charge in [0.15, 0.2) is 0 Å². The minimum atomic E-state index is 0. The fraction of sp³-hybridized carbons (Fsp3) is 0.500. The fourth-order valence-corrected chi connectivity index (χ4v) is 1.66. The second kappa shape index (κ2) is 7.74. The van der Waals surface area contributed by atoms with Crippen LogP contribution in [-0.2, 0) is 0 Å². The summed E-state index contributed by atoms with van der Waals surface area (Å²) < 4.78 is 0. The first-order valence-corrected chi connectivity index (χ1v) is 4.82. The maximum Gasteiger partial charge on any atom is 0.0386 e. The predicted molar refractivity (Wildman–Crippen MR) is 68.2 cm³/mol. The summed E-state index contributed by atoms with van der Waals surface area (Å²) in [5, 5.41) is 6.86. The second-order valence-corrected chi connectivity index (χ2v) is 3.42. The molecule has 0 bridgehead atoms. The third-order valence-electron chi connectivity index (χ3n) is 2.35. The van der Waals surface area contributed by atoms with Crippen LogP contribution in [0.1, 0.15) is 12.8 Å². The number of hydrogen-bond acceptors (Lipinski definition) is 3. The number of halogens is 2. The first-order chi connectivity index (χ1) is 6.45. The Balaban J connectivity index is 0.000000980. The lowest BCUT2D eigenvalue weighted by molar-refractivity contribution is 0.480. The molecule has 1 saturated heterocycles. The molecule has 1 atom stereocenters. The number of piperidine rings is 1. The van der Waals surface area contributed by atoms with E-state index < -0.39 is 0 Å². The van der Waals surface area contributed by atoms with E-state index in [1.54, 1.807) is 0 Å². The molecule has 0 amide bonds. The predicted octanol–water partition coefficient (Wildman–Crippen LogP) is 2.09. The maximum atomic E-state index is 3.98. The fourth-order valence-electron chi connectivity index (χ4n) is 1.66. The third-order valence-corrected chi connectivity index (χ3v) is 2.35. The molecule has 0 saturated carbocycles. The van der Waals surface area contributed by atoms with Crippen molar-refractivity contribution in [2.75, 3.05) is 18.4 Å². The zero-order chi connectivity index (χ0) is 8.93. The highest BCUT2D eigenvalue weighted by Gasteiger charge is 2.11. The monoisotopic (exact) mass is 249 g/mol. The summed E-state index contributed by atoms with van der Waals surface area (Å²) in [5.41, 5.74) is 1.17. The molecule has 0 unspecified atom stereocenters. The highest BCUT2D eigenvalue weighted by Crippen LogP contribution is 2.10. The van der Waals surface area contributed by atoms with Crippen molar-refractivity contribution < 1.29 is 0 Å². The Morgan fingerprint density at radius 1 is 1.27 bits per heavy atom. The van der Waals surface area contributed by atoms with Crippen molar-refractivity contribution in [1.82, 2.24) is 10.3 Å². The van der Waals surface area contributed by atoms with Crippen LogP contribution in [0.25, 0.3) is 0 Å². The molecular weight excluding hydrogens is 233 g/mol. The van der Waals surface area contributed by atoms with Crippen LogP contribution in [0, 0.1) is 0 Å². The molecule has 0 aromatic carbocycles.